The van der Waals surface area contributed by atoms with Crippen LogP contribution in [0.5, 0.6) is 0 Å². The monoisotopic (exact) mass is 285 g/mol. The highest BCUT2D eigenvalue weighted by molar-refractivity contribution is 9.10. The van der Waals surface area contributed by atoms with Crippen molar-refractivity contribution in [2.45, 2.75) is 6.54 Å². The minimum absolute atomic E-state index is 0.396. The van der Waals surface area contributed by atoms with Gasteiger partial charge in [-0.05, 0) is 18.2 Å². The largest absolute Gasteiger partial charge is 0.326 e. The maximum Gasteiger partial charge on any atom is 0.137 e. The molecule has 2 N–H and O–H groups in total. The third kappa shape index (κ3) is 2.07. The number of hydrogen-bond acceptors (Lipinski definition) is 2. The molecule has 15 heavy (non-hydrogen) atoms. The third-order valence-corrected chi connectivity index (χ3v) is 2.95. The Labute approximate surface area is 101 Å². The molecule has 0 atom stereocenters. The van der Waals surface area contributed by atoms with Crippen molar-refractivity contribution in [1.29, 1.82) is 0 Å². The van der Waals surface area contributed by atoms with E-state index in [0.717, 1.165) is 15.7 Å². The molecule has 0 saturated heterocycles. The van der Waals surface area contributed by atoms with Gasteiger partial charge in [0.05, 0.1) is 11.9 Å². The Hall–Kier alpha value is -0.840. The second-order valence-corrected chi connectivity index (χ2v) is 4.33. The number of benzene rings is 1. The molecule has 0 amide bonds. The average Bonchev–Trinajstić information content (AvgIpc) is 2.59. The molecule has 2 rings (SSSR count). The van der Waals surface area contributed by atoms with Crippen LogP contribution in [0.25, 0.3) is 5.69 Å². The molecule has 3 nitrogen and oxygen atoms in total. The van der Waals surface area contributed by atoms with Crippen molar-refractivity contribution in [3.63, 3.8) is 0 Å². The highest BCUT2D eigenvalue weighted by Gasteiger charge is 2.08. The second kappa shape index (κ2) is 4.35. The summed E-state index contributed by atoms with van der Waals surface area (Å²) in [6.07, 6.45) is 1.68. The van der Waals surface area contributed by atoms with E-state index in [1.54, 1.807) is 10.9 Å². The first-order valence-corrected chi connectivity index (χ1v) is 5.58. The first kappa shape index (κ1) is 10.7. The van der Waals surface area contributed by atoms with E-state index in [-0.39, 0.29) is 0 Å². The molecule has 1 aromatic carbocycles. The van der Waals surface area contributed by atoms with E-state index in [2.05, 4.69) is 21.0 Å². The van der Waals surface area contributed by atoms with Crippen molar-refractivity contribution >= 4 is 27.5 Å². The second-order valence-electron chi connectivity index (χ2n) is 3.06. The van der Waals surface area contributed by atoms with Crippen LogP contribution in [-0.4, -0.2) is 9.78 Å². The number of hydrogen-bond donors (Lipinski definition) is 1. The summed E-state index contributed by atoms with van der Waals surface area (Å²) in [6.45, 7) is 0.396. The summed E-state index contributed by atoms with van der Waals surface area (Å²) in [5.41, 5.74) is 7.28. The lowest BCUT2D eigenvalue weighted by atomic mass is 10.3. The summed E-state index contributed by atoms with van der Waals surface area (Å²) in [5.74, 6) is 0. The minimum atomic E-state index is 0.396. The Bertz CT molecular complexity index is 481. The predicted octanol–water partition coefficient (Wildman–Crippen LogP) is 2.75. The summed E-state index contributed by atoms with van der Waals surface area (Å²) < 4.78 is 2.65. The molecule has 0 unspecified atom stereocenters. The molecule has 1 heterocycles. The summed E-state index contributed by atoms with van der Waals surface area (Å²) in [5, 5.41) is 4.75. The van der Waals surface area contributed by atoms with Gasteiger partial charge in [-0.1, -0.05) is 33.6 Å². The molecule has 5 heteroatoms. The molecule has 0 saturated carbocycles. The predicted molar refractivity (Wildman–Crippen MR) is 64.2 cm³/mol. The zero-order valence-electron chi connectivity index (χ0n) is 7.82. The molecule has 1 aromatic heterocycles. The normalized spacial score (nSPS) is 10.6. The van der Waals surface area contributed by atoms with Gasteiger partial charge in [0.25, 0.3) is 0 Å². The van der Waals surface area contributed by atoms with Crippen molar-refractivity contribution in [1.82, 2.24) is 9.78 Å². The van der Waals surface area contributed by atoms with Gasteiger partial charge in [0.2, 0.25) is 0 Å². The third-order valence-electron chi connectivity index (χ3n) is 2.05. The number of aromatic nitrogens is 2. The van der Waals surface area contributed by atoms with Crippen molar-refractivity contribution in [2.75, 3.05) is 0 Å². The van der Waals surface area contributed by atoms with E-state index >= 15 is 0 Å². The fourth-order valence-electron chi connectivity index (χ4n) is 1.29. The fourth-order valence-corrected chi connectivity index (χ4v) is 1.95. The van der Waals surface area contributed by atoms with Gasteiger partial charge in [0, 0.05) is 16.6 Å². The van der Waals surface area contributed by atoms with Crippen LogP contribution in [0.15, 0.2) is 34.9 Å². The van der Waals surface area contributed by atoms with Gasteiger partial charge in [-0.2, -0.15) is 5.10 Å². The lowest BCUT2D eigenvalue weighted by Gasteiger charge is -2.03. The van der Waals surface area contributed by atoms with Crippen molar-refractivity contribution in [3.05, 3.63) is 45.7 Å². The summed E-state index contributed by atoms with van der Waals surface area (Å²) in [4.78, 5) is 0. The summed E-state index contributed by atoms with van der Waals surface area (Å²) >= 11 is 9.52. The SMILES string of the molecule is NCc1cnn(-c2cccc(Br)c2)c1Cl. The first-order chi connectivity index (χ1) is 7.22. The van der Waals surface area contributed by atoms with Gasteiger partial charge in [-0.25, -0.2) is 4.68 Å². The molecule has 0 spiro atoms. The van der Waals surface area contributed by atoms with Crippen LogP contribution in [0, 0.1) is 0 Å². The van der Waals surface area contributed by atoms with Gasteiger partial charge in [-0.15, -0.1) is 0 Å². The van der Waals surface area contributed by atoms with Crippen LogP contribution in [0.1, 0.15) is 5.56 Å². The highest BCUT2D eigenvalue weighted by Crippen LogP contribution is 2.21. The molecule has 0 aliphatic rings. The zero-order chi connectivity index (χ0) is 10.8. The average molecular weight is 287 g/mol. The number of nitrogens with two attached hydrogens (primary N) is 1. The maximum atomic E-state index is 6.12. The van der Waals surface area contributed by atoms with Crippen LogP contribution in [-0.2, 0) is 6.54 Å². The maximum absolute atomic E-state index is 6.12. The lowest BCUT2D eigenvalue weighted by Crippen LogP contribution is -1.98. The zero-order valence-corrected chi connectivity index (χ0v) is 10.2. The lowest BCUT2D eigenvalue weighted by molar-refractivity contribution is 0.879. The van der Waals surface area contributed by atoms with Crippen molar-refractivity contribution in [2.24, 2.45) is 5.73 Å². The van der Waals surface area contributed by atoms with Gasteiger partial charge in [0.1, 0.15) is 5.15 Å². The van der Waals surface area contributed by atoms with Crippen LogP contribution in [0.2, 0.25) is 5.15 Å². The smallest absolute Gasteiger partial charge is 0.137 e. The Kier molecular flexibility index (Phi) is 3.09. The standard InChI is InChI=1S/C10H9BrClN3/c11-8-2-1-3-9(4-8)15-10(12)7(5-13)6-14-15/h1-4,6H,5,13H2. The summed E-state index contributed by atoms with van der Waals surface area (Å²) in [7, 11) is 0. The minimum Gasteiger partial charge on any atom is -0.326 e. The molecule has 78 valence electrons. The van der Waals surface area contributed by atoms with E-state index in [1.165, 1.54) is 0 Å². The van der Waals surface area contributed by atoms with E-state index < -0.39 is 0 Å². The Morgan fingerprint density at radius 3 is 2.87 bits per heavy atom. The van der Waals surface area contributed by atoms with Gasteiger partial charge in [0.15, 0.2) is 0 Å². The molecule has 0 aliphatic heterocycles. The number of rotatable bonds is 2. The highest BCUT2D eigenvalue weighted by atomic mass is 79.9. The fraction of sp³-hybridized carbons (Fsp3) is 0.100. The molecule has 0 radical (unpaired) electrons. The van der Waals surface area contributed by atoms with Crippen molar-refractivity contribution < 1.29 is 0 Å². The molecular weight excluding hydrogens is 277 g/mol. The van der Waals surface area contributed by atoms with Crippen LogP contribution >= 0.6 is 27.5 Å². The Morgan fingerprint density at radius 1 is 1.47 bits per heavy atom. The molecule has 0 bridgehead atoms. The quantitative estimate of drug-likeness (QED) is 0.922. The topological polar surface area (TPSA) is 43.8 Å². The van der Waals surface area contributed by atoms with Crippen LogP contribution < -0.4 is 5.73 Å². The number of halogens is 2. The molecule has 0 fully saturated rings. The number of nitrogens with zero attached hydrogens (tertiary/aromatic N) is 2. The Balaban J connectivity index is 2.49. The van der Waals surface area contributed by atoms with Crippen molar-refractivity contribution in [3.8, 4) is 5.69 Å². The van der Waals surface area contributed by atoms with E-state index in [4.69, 9.17) is 17.3 Å². The van der Waals surface area contributed by atoms with Crippen LogP contribution in [0.4, 0.5) is 0 Å². The Morgan fingerprint density at radius 2 is 2.27 bits per heavy atom. The van der Waals surface area contributed by atoms with E-state index in [1.807, 2.05) is 24.3 Å². The van der Waals surface area contributed by atoms with Crippen LogP contribution in [0.3, 0.4) is 0 Å². The van der Waals surface area contributed by atoms with E-state index in [9.17, 15) is 0 Å². The van der Waals surface area contributed by atoms with Gasteiger partial charge >= 0.3 is 0 Å². The van der Waals surface area contributed by atoms with Gasteiger partial charge in [-0.3, -0.25) is 0 Å². The van der Waals surface area contributed by atoms with E-state index in [0.29, 0.717) is 11.7 Å². The molecule has 2 aromatic rings. The molecule has 0 aliphatic carbocycles. The van der Waals surface area contributed by atoms with Gasteiger partial charge < -0.3 is 5.73 Å². The summed E-state index contributed by atoms with van der Waals surface area (Å²) in [6, 6.07) is 7.76. The first-order valence-electron chi connectivity index (χ1n) is 4.41. The molecular formula is C10H9BrClN3.